The molecule has 2 aromatic carbocycles. The first kappa shape index (κ1) is 22.9. The second-order valence-corrected chi connectivity index (χ2v) is 9.28. The van der Waals surface area contributed by atoms with Crippen LogP contribution in [0.3, 0.4) is 0 Å². The maximum Gasteiger partial charge on any atom is 0.254 e. The lowest BCUT2D eigenvalue weighted by molar-refractivity contribution is -0.125. The molecule has 0 aliphatic carbocycles. The van der Waals surface area contributed by atoms with E-state index in [1.165, 1.54) is 0 Å². The molecule has 0 fully saturated rings. The van der Waals surface area contributed by atoms with Crippen molar-refractivity contribution in [2.75, 3.05) is 26.2 Å². The van der Waals surface area contributed by atoms with Crippen molar-refractivity contribution >= 4 is 34.7 Å². The number of carbonyl (C=O) groups is 2. The summed E-state index contributed by atoms with van der Waals surface area (Å²) in [6.45, 7) is 10.8. The summed E-state index contributed by atoms with van der Waals surface area (Å²) in [5.74, 6) is -0.0172. The molecule has 4 nitrogen and oxygen atoms in total. The predicted molar refractivity (Wildman–Crippen MR) is 136 cm³/mol. The molecule has 2 aromatic rings. The van der Waals surface area contributed by atoms with E-state index in [9.17, 15) is 9.59 Å². The van der Waals surface area contributed by atoms with Gasteiger partial charge in [0.05, 0.1) is 0 Å². The maximum atomic E-state index is 12.7. The van der Waals surface area contributed by atoms with Crippen LogP contribution in [0.2, 0.25) is 0 Å². The van der Waals surface area contributed by atoms with Gasteiger partial charge in [-0.1, -0.05) is 73.5 Å². The molecule has 168 valence electrons. The van der Waals surface area contributed by atoms with Gasteiger partial charge in [0.25, 0.3) is 11.8 Å². The molecule has 5 heteroatoms. The summed E-state index contributed by atoms with van der Waals surface area (Å²) < 4.78 is 0. The molecule has 0 atom stereocenters. The zero-order valence-corrected chi connectivity index (χ0v) is 19.5. The smallest absolute Gasteiger partial charge is 0.254 e. The van der Waals surface area contributed by atoms with Crippen molar-refractivity contribution < 1.29 is 9.59 Å². The third-order valence-electron chi connectivity index (χ3n) is 5.85. The van der Waals surface area contributed by atoms with Gasteiger partial charge in [0.15, 0.2) is 0 Å². The molecule has 0 saturated heterocycles. The van der Waals surface area contributed by atoms with Gasteiger partial charge in [-0.2, -0.15) is 0 Å². The van der Waals surface area contributed by atoms with Gasteiger partial charge >= 0.3 is 0 Å². The first-order valence-electron chi connectivity index (χ1n) is 11.2. The van der Waals surface area contributed by atoms with Crippen LogP contribution >= 0.6 is 11.8 Å². The van der Waals surface area contributed by atoms with Gasteiger partial charge in [0, 0.05) is 47.1 Å². The molecule has 0 saturated carbocycles. The van der Waals surface area contributed by atoms with Gasteiger partial charge in [-0.25, -0.2) is 0 Å². The summed E-state index contributed by atoms with van der Waals surface area (Å²) in [7, 11) is 0. The summed E-state index contributed by atoms with van der Waals surface area (Å²) in [6.07, 6.45) is 10.0. The van der Waals surface area contributed by atoms with Crippen LogP contribution in [-0.4, -0.2) is 47.8 Å². The van der Waals surface area contributed by atoms with Crippen LogP contribution in [0.4, 0.5) is 0 Å². The molecular formula is C28H28N2O2S. The Morgan fingerprint density at radius 3 is 1.36 bits per heavy atom. The quantitative estimate of drug-likeness (QED) is 0.429. The Morgan fingerprint density at radius 2 is 1.03 bits per heavy atom. The number of carbonyl (C=O) groups excluding carboxylic acids is 2. The van der Waals surface area contributed by atoms with Crippen LogP contribution in [0.1, 0.15) is 24.0 Å². The summed E-state index contributed by atoms with van der Waals surface area (Å²) in [6, 6.07) is 15.8. The van der Waals surface area contributed by atoms with E-state index < -0.39 is 0 Å². The normalized spacial score (nSPS) is 15.4. The van der Waals surface area contributed by atoms with Gasteiger partial charge < -0.3 is 9.80 Å². The largest absolute Gasteiger partial charge is 0.335 e. The summed E-state index contributed by atoms with van der Waals surface area (Å²) in [5, 5.41) is 0. The standard InChI is InChI=1S/C28H28N2O2S/c1-21(27(31)29-17-5-3-6-18-29)23-9-13-25(14-10-23)33-26-15-11-24(12-16-26)22(2)28(32)30-19-7-4-8-20-30/h3-5,7,9-16H,1-2,6,8,17-20H2. The lowest BCUT2D eigenvalue weighted by Crippen LogP contribution is -2.34. The van der Waals surface area contributed by atoms with Crippen molar-refractivity contribution in [1.82, 2.24) is 9.80 Å². The molecule has 0 aromatic heterocycles. The van der Waals surface area contributed by atoms with Crippen molar-refractivity contribution in [2.24, 2.45) is 0 Å². The average molecular weight is 457 g/mol. The van der Waals surface area contributed by atoms with Crippen LogP contribution in [0.5, 0.6) is 0 Å². The maximum absolute atomic E-state index is 12.7. The Balaban J connectivity index is 1.36. The first-order chi connectivity index (χ1) is 16.0. The van der Waals surface area contributed by atoms with Gasteiger partial charge in [-0.05, 0) is 48.2 Å². The third-order valence-corrected chi connectivity index (χ3v) is 6.86. The SMILES string of the molecule is C=C(C(=O)N1CC=CCC1)c1ccc(Sc2ccc(C(=C)C(=O)N3CC=CCC3)cc2)cc1. The van der Waals surface area contributed by atoms with Crippen molar-refractivity contribution in [3.05, 3.63) is 97.1 Å². The Bertz CT molecular complexity index is 1020. The van der Waals surface area contributed by atoms with Gasteiger partial charge in [0.2, 0.25) is 0 Å². The minimum atomic E-state index is -0.00862. The van der Waals surface area contributed by atoms with Crippen LogP contribution < -0.4 is 0 Å². The highest BCUT2D eigenvalue weighted by Gasteiger charge is 2.19. The van der Waals surface area contributed by atoms with E-state index in [1.807, 2.05) is 70.5 Å². The van der Waals surface area contributed by atoms with Gasteiger partial charge in [0.1, 0.15) is 0 Å². The molecule has 2 heterocycles. The van der Waals surface area contributed by atoms with Crippen molar-refractivity contribution in [3.8, 4) is 0 Å². The number of nitrogens with zero attached hydrogens (tertiary/aromatic N) is 2. The molecule has 33 heavy (non-hydrogen) atoms. The summed E-state index contributed by atoms with van der Waals surface area (Å²) in [5.41, 5.74) is 2.74. The molecule has 2 aliphatic heterocycles. The lowest BCUT2D eigenvalue weighted by Gasteiger charge is -2.24. The van der Waals surface area contributed by atoms with E-state index in [0.717, 1.165) is 46.8 Å². The fraction of sp³-hybridized carbons (Fsp3) is 0.214. The third kappa shape index (κ3) is 5.55. The van der Waals surface area contributed by atoms with Crippen molar-refractivity contribution in [2.45, 2.75) is 22.6 Å². The number of hydrogen-bond acceptors (Lipinski definition) is 3. The zero-order chi connectivity index (χ0) is 23.2. The van der Waals surface area contributed by atoms with E-state index in [-0.39, 0.29) is 11.8 Å². The Labute approximate surface area is 200 Å². The van der Waals surface area contributed by atoms with Gasteiger partial charge in [-0.15, -0.1) is 0 Å². The molecule has 0 spiro atoms. The Kier molecular flexibility index (Phi) is 7.30. The zero-order valence-electron chi connectivity index (χ0n) is 18.7. The highest BCUT2D eigenvalue weighted by molar-refractivity contribution is 7.99. The summed E-state index contributed by atoms with van der Waals surface area (Å²) >= 11 is 1.63. The van der Waals surface area contributed by atoms with Crippen molar-refractivity contribution in [1.29, 1.82) is 0 Å². The Morgan fingerprint density at radius 1 is 0.636 bits per heavy atom. The molecule has 2 amide bonds. The molecular weight excluding hydrogens is 428 g/mol. The number of hydrogen-bond donors (Lipinski definition) is 0. The van der Waals surface area contributed by atoms with Crippen molar-refractivity contribution in [3.63, 3.8) is 0 Å². The fourth-order valence-electron chi connectivity index (χ4n) is 3.86. The topological polar surface area (TPSA) is 40.6 Å². The minimum Gasteiger partial charge on any atom is -0.335 e. The first-order valence-corrected chi connectivity index (χ1v) is 12.0. The average Bonchev–Trinajstić information content (AvgIpc) is 2.89. The van der Waals surface area contributed by atoms with E-state index >= 15 is 0 Å². The monoisotopic (exact) mass is 456 g/mol. The highest BCUT2D eigenvalue weighted by Crippen LogP contribution is 2.30. The summed E-state index contributed by atoms with van der Waals surface area (Å²) in [4.78, 5) is 31.1. The van der Waals surface area contributed by atoms with Crippen LogP contribution in [-0.2, 0) is 9.59 Å². The number of amides is 2. The van der Waals surface area contributed by atoms with E-state index in [2.05, 4.69) is 25.3 Å². The fourth-order valence-corrected chi connectivity index (χ4v) is 4.68. The van der Waals surface area contributed by atoms with Crippen LogP contribution in [0, 0.1) is 0 Å². The molecule has 4 rings (SSSR count). The second kappa shape index (κ2) is 10.5. The molecule has 0 bridgehead atoms. The second-order valence-electron chi connectivity index (χ2n) is 8.13. The lowest BCUT2D eigenvalue weighted by atomic mass is 10.1. The predicted octanol–water partition coefficient (Wildman–Crippen LogP) is 5.44. The van der Waals surface area contributed by atoms with E-state index in [4.69, 9.17) is 0 Å². The number of benzene rings is 2. The van der Waals surface area contributed by atoms with Gasteiger partial charge in [-0.3, -0.25) is 9.59 Å². The van der Waals surface area contributed by atoms with E-state index in [0.29, 0.717) is 24.2 Å². The highest BCUT2D eigenvalue weighted by atomic mass is 32.2. The molecule has 0 N–H and O–H groups in total. The number of rotatable bonds is 6. The van der Waals surface area contributed by atoms with Crippen LogP contribution in [0.15, 0.2) is 95.8 Å². The molecule has 0 radical (unpaired) electrons. The minimum absolute atomic E-state index is 0.00862. The molecule has 2 aliphatic rings. The molecule has 0 unspecified atom stereocenters. The Hall–Kier alpha value is -3.31. The van der Waals surface area contributed by atoms with E-state index in [1.54, 1.807) is 11.8 Å². The van der Waals surface area contributed by atoms with Crippen LogP contribution in [0.25, 0.3) is 11.1 Å².